The first-order chi connectivity index (χ1) is 14.7. The van der Waals surface area contributed by atoms with Gasteiger partial charge in [0.15, 0.2) is 0 Å². The van der Waals surface area contributed by atoms with Crippen molar-refractivity contribution in [2.75, 3.05) is 6.54 Å². The molecule has 4 heteroatoms. The number of halogens is 1. The number of aromatic nitrogens is 2. The van der Waals surface area contributed by atoms with Gasteiger partial charge in [0.05, 0.1) is 6.20 Å². The summed E-state index contributed by atoms with van der Waals surface area (Å²) in [6.45, 7) is 6.01. The second-order valence-electron chi connectivity index (χ2n) is 8.31. The molecule has 0 aliphatic carbocycles. The number of hydrogen-bond donors (Lipinski definition) is 0. The third-order valence-corrected chi connectivity index (χ3v) is 6.12. The molecule has 2 aromatic carbocycles. The molecular formula is C26H26FN3. The molecule has 0 unspecified atom stereocenters. The van der Waals surface area contributed by atoms with Gasteiger partial charge in [-0.1, -0.05) is 42.0 Å². The third-order valence-electron chi connectivity index (χ3n) is 6.12. The van der Waals surface area contributed by atoms with Gasteiger partial charge in [-0.25, -0.2) is 4.39 Å². The lowest BCUT2D eigenvalue weighted by atomic mass is 10.0. The molecule has 0 saturated heterocycles. The van der Waals surface area contributed by atoms with Crippen LogP contribution in [0.3, 0.4) is 0 Å². The summed E-state index contributed by atoms with van der Waals surface area (Å²) < 4.78 is 16.0. The van der Waals surface area contributed by atoms with Crippen molar-refractivity contribution in [1.29, 1.82) is 0 Å². The zero-order valence-electron chi connectivity index (χ0n) is 17.3. The molecule has 0 bridgehead atoms. The molecule has 0 saturated carbocycles. The molecule has 0 N–H and O–H groups in total. The highest BCUT2D eigenvalue weighted by Crippen LogP contribution is 2.32. The number of rotatable bonds is 5. The van der Waals surface area contributed by atoms with Gasteiger partial charge < -0.3 is 4.57 Å². The zero-order chi connectivity index (χ0) is 20.5. The van der Waals surface area contributed by atoms with Crippen molar-refractivity contribution in [3.8, 4) is 0 Å². The second-order valence-corrected chi connectivity index (χ2v) is 8.31. The van der Waals surface area contributed by atoms with E-state index in [9.17, 15) is 4.39 Å². The van der Waals surface area contributed by atoms with E-state index in [0.29, 0.717) is 0 Å². The summed E-state index contributed by atoms with van der Waals surface area (Å²) in [6, 6.07) is 19.1. The number of fused-ring (bicyclic) bond motifs is 3. The summed E-state index contributed by atoms with van der Waals surface area (Å²) in [5.41, 5.74) is 7.77. The van der Waals surface area contributed by atoms with Crippen LogP contribution in [0.2, 0.25) is 0 Å². The van der Waals surface area contributed by atoms with Gasteiger partial charge >= 0.3 is 0 Å². The van der Waals surface area contributed by atoms with Crippen LogP contribution in [-0.2, 0) is 32.5 Å². The molecule has 0 radical (unpaired) electrons. The fourth-order valence-corrected chi connectivity index (χ4v) is 4.69. The average Bonchev–Trinajstić information content (AvgIpc) is 3.05. The van der Waals surface area contributed by atoms with Gasteiger partial charge in [-0.2, -0.15) is 0 Å². The Bertz CT molecular complexity index is 1180. The Morgan fingerprint density at radius 1 is 1.00 bits per heavy atom. The van der Waals surface area contributed by atoms with Gasteiger partial charge in [0, 0.05) is 55.4 Å². The summed E-state index contributed by atoms with van der Waals surface area (Å²) in [6.07, 6.45) is 4.85. The molecule has 5 rings (SSSR count). The lowest BCUT2D eigenvalue weighted by molar-refractivity contribution is 0.243. The van der Waals surface area contributed by atoms with Gasteiger partial charge in [-0.15, -0.1) is 0 Å². The van der Waals surface area contributed by atoms with Crippen LogP contribution in [0.1, 0.15) is 27.9 Å². The molecule has 3 nitrogen and oxygen atoms in total. The van der Waals surface area contributed by atoms with E-state index < -0.39 is 0 Å². The van der Waals surface area contributed by atoms with Crippen LogP contribution in [0.25, 0.3) is 10.9 Å². The average molecular weight is 400 g/mol. The summed E-state index contributed by atoms with van der Waals surface area (Å²) in [4.78, 5) is 6.55. The molecular weight excluding hydrogens is 373 g/mol. The van der Waals surface area contributed by atoms with E-state index in [4.69, 9.17) is 0 Å². The zero-order valence-corrected chi connectivity index (χ0v) is 17.3. The predicted molar refractivity (Wildman–Crippen MR) is 119 cm³/mol. The molecule has 4 aromatic rings. The van der Waals surface area contributed by atoms with E-state index in [1.807, 2.05) is 0 Å². The largest absolute Gasteiger partial charge is 0.344 e. The maximum absolute atomic E-state index is 13.6. The molecule has 1 aliphatic heterocycles. The first-order valence-electron chi connectivity index (χ1n) is 10.6. The fraction of sp³-hybridized carbons (Fsp3) is 0.269. The van der Waals surface area contributed by atoms with Crippen LogP contribution in [0.4, 0.5) is 4.39 Å². The Morgan fingerprint density at radius 2 is 1.87 bits per heavy atom. The molecule has 2 aromatic heterocycles. The van der Waals surface area contributed by atoms with Crippen molar-refractivity contribution in [2.45, 2.75) is 39.4 Å². The fourth-order valence-electron chi connectivity index (χ4n) is 4.69. The molecule has 0 amide bonds. The molecule has 0 spiro atoms. The summed E-state index contributed by atoms with van der Waals surface area (Å²) in [5.74, 6) is -0.265. The van der Waals surface area contributed by atoms with Crippen molar-refractivity contribution < 1.29 is 4.39 Å². The van der Waals surface area contributed by atoms with E-state index in [0.717, 1.165) is 44.6 Å². The number of pyridine rings is 1. The Kier molecular flexibility index (Phi) is 5.09. The van der Waals surface area contributed by atoms with Crippen molar-refractivity contribution in [2.24, 2.45) is 0 Å². The standard InChI is InChI=1S/C26H26FN3/c1-19-7-8-25-23(13-19)24-18-29(17-20-5-3-2-4-6-20)11-10-26(24)30(25)12-9-21-14-22(27)16-28-15-21/h2-8,13-16H,9-12,17-18H2,1H3. The molecule has 0 atom stereocenters. The summed E-state index contributed by atoms with van der Waals surface area (Å²) in [5, 5.41) is 1.36. The van der Waals surface area contributed by atoms with Gasteiger partial charge in [-0.05, 0) is 48.2 Å². The topological polar surface area (TPSA) is 21.1 Å². The van der Waals surface area contributed by atoms with E-state index in [1.54, 1.807) is 12.3 Å². The number of nitrogens with zero attached hydrogens (tertiary/aromatic N) is 3. The second kappa shape index (κ2) is 8.04. The lowest BCUT2D eigenvalue weighted by Gasteiger charge is -2.28. The Labute approximate surface area is 176 Å². The van der Waals surface area contributed by atoms with Gasteiger partial charge in [0.2, 0.25) is 0 Å². The summed E-state index contributed by atoms with van der Waals surface area (Å²) >= 11 is 0. The quantitative estimate of drug-likeness (QED) is 0.455. The van der Waals surface area contributed by atoms with Gasteiger partial charge in [0.25, 0.3) is 0 Å². The molecule has 30 heavy (non-hydrogen) atoms. The minimum Gasteiger partial charge on any atom is -0.344 e. The van der Waals surface area contributed by atoms with Crippen molar-refractivity contribution >= 4 is 10.9 Å². The smallest absolute Gasteiger partial charge is 0.141 e. The first-order valence-corrected chi connectivity index (χ1v) is 10.6. The van der Waals surface area contributed by atoms with E-state index in [1.165, 1.54) is 39.5 Å². The predicted octanol–water partition coefficient (Wildman–Crippen LogP) is 5.28. The number of benzene rings is 2. The minimum absolute atomic E-state index is 0.265. The van der Waals surface area contributed by atoms with Crippen LogP contribution in [-0.4, -0.2) is 21.0 Å². The maximum Gasteiger partial charge on any atom is 0.141 e. The third kappa shape index (κ3) is 3.75. The summed E-state index contributed by atoms with van der Waals surface area (Å²) in [7, 11) is 0. The van der Waals surface area contributed by atoms with Gasteiger partial charge in [-0.3, -0.25) is 9.88 Å². The van der Waals surface area contributed by atoms with Gasteiger partial charge in [0.1, 0.15) is 5.82 Å². The Balaban J connectivity index is 1.46. The molecule has 152 valence electrons. The molecule has 3 heterocycles. The van der Waals surface area contributed by atoms with Crippen LogP contribution >= 0.6 is 0 Å². The molecule has 1 aliphatic rings. The highest BCUT2D eigenvalue weighted by molar-refractivity contribution is 5.86. The van der Waals surface area contributed by atoms with E-state index in [-0.39, 0.29) is 5.82 Å². The highest BCUT2D eigenvalue weighted by atomic mass is 19.1. The van der Waals surface area contributed by atoms with E-state index in [2.05, 4.69) is 69.9 Å². The normalized spacial score (nSPS) is 14.2. The SMILES string of the molecule is Cc1ccc2c(c1)c1c(n2CCc2cncc(F)c2)CCN(Cc2ccccc2)C1. The molecule has 0 fully saturated rings. The monoisotopic (exact) mass is 399 g/mol. The van der Waals surface area contributed by atoms with Crippen LogP contribution < -0.4 is 0 Å². The number of hydrogen-bond acceptors (Lipinski definition) is 2. The highest BCUT2D eigenvalue weighted by Gasteiger charge is 2.24. The maximum atomic E-state index is 13.6. The lowest BCUT2D eigenvalue weighted by Crippen LogP contribution is -2.30. The van der Waals surface area contributed by atoms with Crippen LogP contribution in [0.15, 0.2) is 67.0 Å². The van der Waals surface area contributed by atoms with Crippen molar-refractivity contribution in [3.05, 3.63) is 101 Å². The van der Waals surface area contributed by atoms with Crippen molar-refractivity contribution in [1.82, 2.24) is 14.5 Å². The van der Waals surface area contributed by atoms with Crippen LogP contribution in [0.5, 0.6) is 0 Å². The van der Waals surface area contributed by atoms with E-state index >= 15 is 0 Å². The number of aryl methyl sites for hydroxylation is 3. The Morgan fingerprint density at radius 3 is 2.70 bits per heavy atom. The minimum atomic E-state index is -0.265. The van der Waals surface area contributed by atoms with Crippen molar-refractivity contribution in [3.63, 3.8) is 0 Å². The Hall–Kier alpha value is -2.98. The van der Waals surface area contributed by atoms with Crippen LogP contribution in [0, 0.1) is 12.7 Å². The first kappa shape index (κ1) is 19.0.